The van der Waals surface area contributed by atoms with Gasteiger partial charge in [0, 0.05) is 22.5 Å². The Morgan fingerprint density at radius 2 is 1.95 bits per heavy atom. The maximum absolute atomic E-state index is 15.2. The zero-order chi connectivity index (χ0) is 26.8. The quantitative estimate of drug-likeness (QED) is 0.469. The molecule has 0 spiro atoms. The highest BCUT2D eigenvalue weighted by Crippen LogP contribution is 2.49. The summed E-state index contributed by atoms with van der Waals surface area (Å²) >= 11 is 6.34. The number of aliphatic hydroxyl groups is 1. The molecular formula is C25H28ClFN4O5S. The third-order valence-corrected chi connectivity index (χ3v) is 9.49. The molecule has 1 aliphatic heterocycles. The molecule has 198 valence electrons. The van der Waals surface area contributed by atoms with E-state index in [0.29, 0.717) is 21.8 Å². The number of aliphatic hydroxyl groups excluding tert-OH is 1. The number of aromatic amines is 1. The van der Waals surface area contributed by atoms with Gasteiger partial charge in [-0.05, 0) is 68.5 Å². The number of hydrogen-bond acceptors (Lipinski definition) is 7. The SMILES string of the molecule is Cc1ccc(F)c(C(C)[C@@H](c2n[nH]c(=O)o2)N2CN(C3CC3)c3cc(Cl)cc(C(C)O)c3S2(=O)=O)c1C. The molecule has 9 nitrogen and oxygen atoms in total. The number of nitrogens with one attached hydrogen (secondary N) is 1. The highest BCUT2D eigenvalue weighted by Gasteiger charge is 2.49. The van der Waals surface area contributed by atoms with Crippen molar-refractivity contribution in [3.05, 3.63) is 73.8 Å². The first-order valence-corrected chi connectivity index (χ1v) is 13.8. The largest absolute Gasteiger partial charge is 0.434 e. The third kappa shape index (κ3) is 4.37. The van der Waals surface area contributed by atoms with E-state index in [-0.39, 0.29) is 29.1 Å². The predicted molar refractivity (Wildman–Crippen MR) is 136 cm³/mol. The van der Waals surface area contributed by atoms with Crippen molar-refractivity contribution < 1.29 is 22.3 Å². The van der Waals surface area contributed by atoms with Crippen molar-refractivity contribution in [2.45, 2.75) is 69.5 Å². The van der Waals surface area contributed by atoms with Gasteiger partial charge in [-0.15, -0.1) is 5.10 Å². The summed E-state index contributed by atoms with van der Waals surface area (Å²) in [5.41, 5.74) is 2.38. The highest BCUT2D eigenvalue weighted by atomic mass is 35.5. The molecule has 1 aliphatic carbocycles. The Morgan fingerprint density at radius 1 is 1.24 bits per heavy atom. The maximum Gasteiger partial charge on any atom is 0.434 e. The number of hydrogen-bond donors (Lipinski definition) is 2. The van der Waals surface area contributed by atoms with E-state index in [9.17, 15) is 18.3 Å². The molecule has 2 unspecified atom stereocenters. The molecular weight excluding hydrogens is 523 g/mol. The fourth-order valence-corrected chi connectivity index (χ4v) is 7.51. The number of fused-ring (bicyclic) bond motifs is 1. The first kappa shape index (κ1) is 25.9. The van der Waals surface area contributed by atoms with Gasteiger partial charge in [-0.25, -0.2) is 22.7 Å². The number of nitrogens with zero attached hydrogens (tertiary/aromatic N) is 3. The summed E-state index contributed by atoms with van der Waals surface area (Å²) in [6.07, 6.45) is 0.583. The summed E-state index contributed by atoms with van der Waals surface area (Å²) in [4.78, 5) is 13.8. The summed E-state index contributed by atoms with van der Waals surface area (Å²) in [6, 6.07) is 4.94. The summed E-state index contributed by atoms with van der Waals surface area (Å²) in [6.45, 7) is 6.69. The molecule has 5 rings (SSSR count). The lowest BCUT2D eigenvalue weighted by molar-refractivity contribution is 0.194. The van der Waals surface area contributed by atoms with Gasteiger partial charge in [0.2, 0.25) is 15.9 Å². The average molecular weight is 551 g/mol. The van der Waals surface area contributed by atoms with E-state index in [1.165, 1.54) is 23.4 Å². The molecule has 37 heavy (non-hydrogen) atoms. The standard InChI is InChI=1S/C25H28ClFN4O5S/c1-12-5-8-19(27)21(13(12)2)14(3)22(24-28-29-25(33)36-24)31-11-30(17-6-7-17)20-10-16(26)9-18(15(4)32)23(20)37(31,34)35/h5,8-10,14-15,17,22,32H,6-7,11H2,1-4H3,(H,29,33)/t14?,15?,22-/m0/s1. The minimum atomic E-state index is -4.31. The van der Waals surface area contributed by atoms with Gasteiger partial charge in [-0.3, -0.25) is 0 Å². The van der Waals surface area contributed by atoms with E-state index >= 15 is 4.39 Å². The average Bonchev–Trinajstić information content (AvgIpc) is 3.58. The van der Waals surface area contributed by atoms with Crippen LogP contribution in [-0.4, -0.2) is 40.7 Å². The van der Waals surface area contributed by atoms with Crippen molar-refractivity contribution in [3.8, 4) is 0 Å². The molecule has 0 radical (unpaired) electrons. The van der Waals surface area contributed by atoms with Crippen LogP contribution in [0.5, 0.6) is 0 Å². The molecule has 1 aromatic heterocycles. The monoisotopic (exact) mass is 550 g/mol. The molecule has 2 aromatic carbocycles. The van der Waals surface area contributed by atoms with Crippen LogP contribution in [0.15, 0.2) is 38.4 Å². The molecule has 1 fully saturated rings. The smallest absolute Gasteiger partial charge is 0.391 e. The molecule has 0 bridgehead atoms. The van der Waals surface area contributed by atoms with Crippen LogP contribution in [0.25, 0.3) is 0 Å². The van der Waals surface area contributed by atoms with Gasteiger partial charge >= 0.3 is 5.76 Å². The van der Waals surface area contributed by atoms with Crippen LogP contribution >= 0.6 is 11.6 Å². The van der Waals surface area contributed by atoms with Crippen LogP contribution < -0.4 is 10.7 Å². The van der Waals surface area contributed by atoms with Crippen molar-refractivity contribution in [1.82, 2.24) is 14.5 Å². The molecule has 2 heterocycles. The normalized spacial score (nSPS) is 19.9. The van der Waals surface area contributed by atoms with Gasteiger partial charge in [0.15, 0.2) is 0 Å². The van der Waals surface area contributed by atoms with Gasteiger partial charge in [0.1, 0.15) is 16.8 Å². The third-order valence-electron chi connectivity index (χ3n) is 7.35. The van der Waals surface area contributed by atoms with Gasteiger partial charge in [-0.2, -0.15) is 4.31 Å². The Labute approximate surface area is 218 Å². The number of rotatable bonds is 6. The van der Waals surface area contributed by atoms with Crippen LogP contribution in [-0.2, 0) is 10.0 Å². The van der Waals surface area contributed by atoms with Crippen molar-refractivity contribution >= 4 is 27.3 Å². The molecule has 3 atom stereocenters. The van der Waals surface area contributed by atoms with Crippen LogP contribution in [0.4, 0.5) is 10.1 Å². The molecule has 2 N–H and O–H groups in total. The maximum atomic E-state index is 15.2. The lowest BCUT2D eigenvalue weighted by atomic mass is 9.87. The summed E-state index contributed by atoms with van der Waals surface area (Å²) in [5.74, 6) is -2.30. The van der Waals surface area contributed by atoms with E-state index in [1.807, 2.05) is 11.8 Å². The zero-order valence-electron chi connectivity index (χ0n) is 20.8. The van der Waals surface area contributed by atoms with Gasteiger partial charge < -0.3 is 14.4 Å². The van der Waals surface area contributed by atoms with Gasteiger partial charge in [0.25, 0.3) is 0 Å². The molecule has 0 saturated heterocycles. The van der Waals surface area contributed by atoms with Crippen LogP contribution in [0.3, 0.4) is 0 Å². The van der Waals surface area contributed by atoms with Crippen LogP contribution in [0.1, 0.15) is 72.9 Å². The first-order chi connectivity index (χ1) is 17.4. The molecule has 2 aliphatic rings. The van der Waals surface area contributed by atoms with Crippen molar-refractivity contribution in [2.24, 2.45) is 0 Å². The van der Waals surface area contributed by atoms with Crippen LogP contribution in [0.2, 0.25) is 5.02 Å². The number of halogens is 2. The lowest BCUT2D eigenvalue weighted by Crippen LogP contribution is -2.50. The second-order valence-corrected chi connectivity index (χ2v) is 12.1. The fourth-order valence-electron chi connectivity index (χ4n) is 5.24. The molecule has 0 amide bonds. The number of H-pyrrole nitrogens is 1. The van der Waals surface area contributed by atoms with Crippen molar-refractivity contribution in [2.75, 3.05) is 11.6 Å². The second kappa shape index (κ2) is 9.23. The van der Waals surface area contributed by atoms with Gasteiger partial charge in [0.05, 0.1) is 18.5 Å². The summed E-state index contributed by atoms with van der Waals surface area (Å²) < 4.78 is 50.4. The zero-order valence-corrected chi connectivity index (χ0v) is 22.4. The van der Waals surface area contributed by atoms with E-state index < -0.39 is 39.7 Å². The molecule has 1 saturated carbocycles. The summed E-state index contributed by atoms with van der Waals surface area (Å²) in [7, 11) is -4.31. The van der Waals surface area contributed by atoms with E-state index in [4.69, 9.17) is 16.0 Å². The lowest BCUT2D eigenvalue weighted by Gasteiger charge is -2.43. The predicted octanol–water partition coefficient (Wildman–Crippen LogP) is 4.30. The topological polar surface area (TPSA) is 120 Å². The Hall–Kier alpha value is -2.73. The Balaban J connectivity index is 1.75. The summed E-state index contributed by atoms with van der Waals surface area (Å²) in [5, 5.41) is 17.0. The van der Waals surface area contributed by atoms with E-state index in [0.717, 1.165) is 18.4 Å². The first-order valence-electron chi connectivity index (χ1n) is 12.0. The number of aromatic nitrogens is 2. The van der Waals surface area contributed by atoms with Crippen molar-refractivity contribution in [1.29, 1.82) is 0 Å². The minimum absolute atomic E-state index is 0.0663. The fraction of sp³-hybridized carbons (Fsp3) is 0.440. The minimum Gasteiger partial charge on any atom is -0.391 e. The van der Waals surface area contributed by atoms with Gasteiger partial charge in [-0.1, -0.05) is 24.6 Å². The number of aryl methyl sites for hydroxylation is 1. The number of sulfonamides is 1. The van der Waals surface area contributed by atoms with Crippen molar-refractivity contribution in [3.63, 3.8) is 0 Å². The van der Waals surface area contributed by atoms with Crippen LogP contribution in [0, 0.1) is 19.7 Å². The number of benzene rings is 2. The highest BCUT2D eigenvalue weighted by molar-refractivity contribution is 7.89. The molecule has 3 aromatic rings. The molecule has 12 heteroatoms. The van der Waals surface area contributed by atoms with E-state index in [1.54, 1.807) is 26.0 Å². The number of anilines is 1. The second-order valence-electron chi connectivity index (χ2n) is 9.84. The Kier molecular flexibility index (Phi) is 6.46. The van der Waals surface area contributed by atoms with E-state index in [2.05, 4.69) is 10.2 Å². The Bertz CT molecular complexity index is 1530. The Morgan fingerprint density at radius 3 is 2.54 bits per heavy atom.